The molecule has 1 amide bonds. The van der Waals surface area contributed by atoms with E-state index in [4.69, 9.17) is 18.0 Å². The number of rotatable bonds is 2. The van der Waals surface area contributed by atoms with Crippen molar-refractivity contribution in [1.29, 1.82) is 0 Å². The normalized spacial score (nSPS) is 19.5. The van der Waals surface area contributed by atoms with Crippen molar-refractivity contribution < 1.29 is 9.90 Å². The highest BCUT2D eigenvalue weighted by Gasteiger charge is 2.30. The molecule has 1 unspecified atom stereocenters. The minimum absolute atomic E-state index is 0.00928. The standard InChI is InChI=1S/C13H12ClNO2/c1-2-9-5-13(17)15(7-9)12-4-3-11(14)6-10(12)8-16/h1,3-4,6,9,16H,5,7-8H2. The van der Waals surface area contributed by atoms with E-state index >= 15 is 0 Å². The molecule has 1 aliphatic heterocycles. The molecule has 1 heterocycles. The van der Waals surface area contributed by atoms with Gasteiger partial charge >= 0.3 is 0 Å². The van der Waals surface area contributed by atoms with Gasteiger partial charge in [-0.1, -0.05) is 11.6 Å². The molecule has 0 spiro atoms. The van der Waals surface area contributed by atoms with Crippen LogP contribution in [0, 0.1) is 18.3 Å². The van der Waals surface area contributed by atoms with Gasteiger partial charge in [0, 0.05) is 35.2 Å². The van der Waals surface area contributed by atoms with Crippen LogP contribution >= 0.6 is 11.6 Å². The van der Waals surface area contributed by atoms with E-state index in [1.807, 2.05) is 0 Å². The van der Waals surface area contributed by atoms with Crippen LogP contribution in [-0.2, 0) is 11.4 Å². The number of halogens is 1. The van der Waals surface area contributed by atoms with E-state index in [0.717, 1.165) is 0 Å². The zero-order valence-electron chi connectivity index (χ0n) is 9.19. The van der Waals surface area contributed by atoms with Crippen LogP contribution in [0.15, 0.2) is 18.2 Å². The second kappa shape index (κ2) is 4.79. The van der Waals surface area contributed by atoms with Crippen molar-refractivity contribution in [3.8, 4) is 12.3 Å². The lowest BCUT2D eigenvalue weighted by Crippen LogP contribution is -2.25. The fourth-order valence-electron chi connectivity index (χ4n) is 2.00. The number of carbonyl (C=O) groups excluding carboxylic acids is 1. The first-order valence-electron chi connectivity index (χ1n) is 5.31. The Bertz CT molecular complexity index is 493. The van der Waals surface area contributed by atoms with Crippen molar-refractivity contribution in [2.45, 2.75) is 13.0 Å². The Kier molecular flexibility index (Phi) is 3.37. The van der Waals surface area contributed by atoms with Gasteiger partial charge in [-0.2, -0.15) is 0 Å². The van der Waals surface area contributed by atoms with Crippen LogP contribution in [0.25, 0.3) is 0 Å². The molecule has 0 saturated carbocycles. The Hall–Kier alpha value is -1.50. The summed E-state index contributed by atoms with van der Waals surface area (Å²) in [7, 11) is 0. The van der Waals surface area contributed by atoms with Gasteiger partial charge in [0.25, 0.3) is 0 Å². The predicted octanol–water partition coefficient (Wildman–Crippen LogP) is 1.82. The molecular formula is C13H12ClNO2. The molecule has 1 atom stereocenters. The number of nitrogens with zero attached hydrogens (tertiary/aromatic N) is 1. The molecule has 1 N–H and O–H groups in total. The van der Waals surface area contributed by atoms with E-state index < -0.39 is 0 Å². The van der Waals surface area contributed by atoms with Gasteiger partial charge in [-0.3, -0.25) is 4.79 Å². The summed E-state index contributed by atoms with van der Waals surface area (Å²) in [6.07, 6.45) is 5.70. The first kappa shape index (κ1) is 12.0. The van der Waals surface area contributed by atoms with E-state index in [9.17, 15) is 9.90 Å². The zero-order chi connectivity index (χ0) is 12.4. The molecule has 0 aromatic heterocycles. The molecule has 17 heavy (non-hydrogen) atoms. The molecular weight excluding hydrogens is 238 g/mol. The number of carbonyl (C=O) groups is 1. The first-order chi connectivity index (χ1) is 8.15. The summed E-state index contributed by atoms with van der Waals surface area (Å²) in [6.45, 7) is 0.352. The lowest BCUT2D eigenvalue weighted by molar-refractivity contribution is -0.117. The van der Waals surface area contributed by atoms with Crippen LogP contribution in [-0.4, -0.2) is 17.6 Å². The largest absolute Gasteiger partial charge is 0.392 e. The summed E-state index contributed by atoms with van der Waals surface area (Å²) >= 11 is 5.85. The maximum Gasteiger partial charge on any atom is 0.228 e. The van der Waals surface area contributed by atoms with Crippen LogP contribution < -0.4 is 4.90 Å². The highest BCUT2D eigenvalue weighted by atomic mass is 35.5. The summed E-state index contributed by atoms with van der Waals surface area (Å²) in [5, 5.41) is 9.82. The first-order valence-corrected chi connectivity index (χ1v) is 5.69. The van der Waals surface area contributed by atoms with E-state index in [2.05, 4.69) is 5.92 Å². The molecule has 1 aliphatic rings. The molecule has 1 aromatic rings. The number of aliphatic hydroxyl groups is 1. The number of aliphatic hydroxyl groups excluding tert-OH is 1. The van der Waals surface area contributed by atoms with Crippen molar-refractivity contribution in [1.82, 2.24) is 0 Å². The second-order valence-electron chi connectivity index (χ2n) is 4.00. The van der Waals surface area contributed by atoms with Gasteiger partial charge in [-0.05, 0) is 18.2 Å². The Morgan fingerprint density at radius 2 is 2.35 bits per heavy atom. The minimum Gasteiger partial charge on any atom is -0.392 e. The maximum atomic E-state index is 11.8. The quantitative estimate of drug-likeness (QED) is 0.813. The smallest absolute Gasteiger partial charge is 0.228 e. The Labute approximate surface area is 105 Å². The molecule has 0 bridgehead atoms. The van der Waals surface area contributed by atoms with Gasteiger partial charge in [0.05, 0.1) is 6.61 Å². The molecule has 1 fully saturated rings. The van der Waals surface area contributed by atoms with Gasteiger partial charge in [0.2, 0.25) is 5.91 Å². The van der Waals surface area contributed by atoms with Gasteiger partial charge in [-0.25, -0.2) is 0 Å². The SMILES string of the molecule is C#CC1CC(=O)N(c2ccc(Cl)cc2CO)C1. The molecule has 2 rings (SSSR count). The van der Waals surface area contributed by atoms with Crippen molar-refractivity contribution in [3.63, 3.8) is 0 Å². The zero-order valence-corrected chi connectivity index (χ0v) is 9.94. The number of hydrogen-bond donors (Lipinski definition) is 1. The Morgan fingerprint density at radius 1 is 1.59 bits per heavy atom. The highest BCUT2D eigenvalue weighted by Crippen LogP contribution is 2.29. The summed E-state index contributed by atoms with van der Waals surface area (Å²) in [4.78, 5) is 13.4. The van der Waals surface area contributed by atoms with Gasteiger partial charge < -0.3 is 10.0 Å². The number of benzene rings is 1. The lowest BCUT2D eigenvalue weighted by Gasteiger charge is -2.19. The topological polar surface area (TPSA) is 40.5 Å². The molecule has 3 nitrogen and oxygen atoms in total. The van der Waals surface area contributed by atoms with Crippen molar-refractivity contribution in [2.75, 3.05) is 11.4 Å². The fraction of sp³-hybridized carbons (Fsp3) is 0.308. The van der Waals surface area contributed by atoms with Gasteiger partial charge in [0.15, 0.2) is 0 Å². The third-order valence-corrected chi connectivity index (χ3v) is 3.10. The summed E-state index contributed by atoms with van der Waals surface area (Å²) < 4.78 is 0. The average molecular weight is 250 g/mol. The van der Waals surface area contributed by atoms with Crippen molar-refractivity contribution in [2.24, 2.45) is 5.92 Å². The predicted molar refractivity (Wildman–Crippen MR) is 66.7 cm³/mol. The van der Waals surface area contributed by atoms with Crippen molar-refractivity contribution >= 4 is 23.2 Å². The monoisotopic (exact) mass is 249 g/mol. The third kappa shape index (κ3) is 2.28. The lowest BCUT2D eigenvalue weighted by atomic mass is 10.1. The summed E-state index contributed by atoms with van der Waals surface area (Å²) in [5.41, 5.74) is 1.34. The van der Waals surface area contributed by atoms with Gasteiger partial charge in [-0.15, -0.1) is 12.3 Å². The van der Waals surface area contributed by atoms with Gasteiger partial charge in [0.1, 0.15) is 0 Å². The molecule has 1 aromatic carbocycles. The molecule has 0 radical (unpaired) electrons. The molecule has 88 valence electrons. The van der Waals surface area contributed by atoms with Crippen LogP contribution in [0.4, 0.5) is 5.69 Å². The fourth-order valence-corrected chi connectivity index (χ4v) is 2.19. The second-order valence-corrected chi connectivity index (χ2v) is 4.44. The number of anilines is 1. The molecule has 4 heteroatoms. The van der Waals surface area contributed by atoms with Crippen LogP contribution in [0.3, 0.4) is 0 Å². The van der Waals surface area contributed by atoms with E-state index in [0.29, 0.717) is 29.2 Å². The van der Waals surface area contributed by atoms with Crippen molar-refractivity contribution in [3.05, 3.63) is 28.8 Å². The van der Waals surface area contributed by atoms with Crippen LogP contribution in [0.5, 0.6) is 0 Å². The van der Waals surface area contributed by atoms with E-state index in [1.54, 1.807) is 23.1 Å². The Balaban J connectivity index is 2.35. The number of terminal acetylenes is 1. The highest BCUT2D eigenvalue weighted by molar-refractivity contribution is 6.30. The summed E-state index contributed by atoms with van der Waals surface area (Å²) in [5.74, 6) is 2.53. The molecule has 1 saturated heterocycles. The third-order valence-electron chi connectivity index (χ3n) is 2.86. The van der Waals surface area contributed by atoms with E-state index in [1.165, 1.54) is 0 Å². The van der Waals surface area contributed by atoms with E-state index in [-0.39, 0.29) is 18.4 Å². The Morgan fingerprint density at radius 3 is 2.94 bits per heavy atom. The van der Waals surface area contributed by atoms with Crippen LogP contribution in [0.1, 0.15) is 12.0 Å². The molecule has 0 aliphatic carbocycles. The number of amides is 1. The average Bonchev–Trinajstić information content (AvgIpc) is 2.70. The number of hydrogen-bond acceptors (Lipinski definition) is 2. The minimum atomic E-state index is -0.152. The van der Waals surface area contributed by atoms with Crippen LogP contribution in [0.2, 0.25) is 5.02 Å². The summed E-state index contributed by atoms with van der Waals surface area (Å²) in [6, 6.07) is 5.10. The maximum absolute atomic E-state index is 11.8.